The van der Waals surface area contributed by atoms with Gasteiger partial charge in [-0.05, 0) is 57.1 Å². The Morgan fingerprint density at radius 3 is 2.22 bits per heavy atom. The summed E-state index contributed by atoms with van der Waals surface area (Å²) in [5.41, 5.74) is 0.190. The Balaban J connectivity index is 2.00. The van der Waals surface area contributed by atoms with Gasteiger partial charge in [-0.2, -0.15) is 0 Å². The van der Waals surface area contributed by atoms with E-state index in [0.717, 1.165) is 38.5 Å². The fourth-order valence-corrected chi connectivity index (χ4v) is 3.65. The van der Waals surface area contributed by atoms with Crippen molar-refractivity contribution >= 4 is 11.9 Å². The van der Waals surface area contributed by atoms with Crippen LogP contribution < -0.4 is 5.32 Å². The van der Waals surface area contributed by atoms with E-state index in [9.17, 15) is 14.7 Å². The van der Waals surface area contributed by atoms with Crippen molar-refractivity contribution in [1.82, 2.24) is 5.32 Å². The lowest BCUT2D eigenvalue weighted by atomic mass is 10.1. The van der Waals surface area contributed by atoms with Crippen LogP contribution in [0.1, 0.15) is 94.8 Å². The number of nitrogens with one attached hydrogen (secondary N) is 1. The van der Waals surface area contributed by atoms with E-state index in [4.69, 9.17) is 9.47 Å². The average Bonchev–Trinajstić information content (AvgIpc) is 2.90. The molecule has 37 heavy (non-hydrogen) atoms. The lowest BCUT2D eigenvalue weighted by molar-refractivity contribution is -0.157. The van der Waals surface area contributed by atoms with E-state index in [1.807, 2.05) is 6.92 Å². The van der Waals surface area contributed by atoms with Crippen LogP contribution in [-0.2, 0) is 14.3 Å². The van der Waals surface area contributed by atoms with E-state index >= 15 is 0 Å². The predicted molar refractivity (Wildman–Crippen MR) is 151 cm³/mol. The first-order chi connectivity index (χ1) is 18.1. The number of hydrogen-bond acceptors (Lipinski definition) is 5. The van der Waals surface area contributed by atoms with Crippen molar-refractivity contribution in [3.8, 4) is 5.75 Å². The largest absolute Gasteiger partial charge is 0.507 e. The highest BCUT2D eigenvalue weighted by Crippen LogP contribution is 2.15. The van der Waals surface area contributed by atoms with Gasteiger partial charge in [-0.1, -0.05) is 88.1 Å². The van der Waals surface area contributed by atoms with Crippen LogP contribution in [0.4, 0.5) is 0 Å². The molecule has 2 N–H and O–H groups in total. The number of unbranched alkanes of at least 4 members (excludes halogenated alkanes) is 6. The summed E-state index contributed by atoms with van der Waals surface area (Å²) >= 11 is 0. The third-order valence-electron chi connectivity index (χ3n) is 5.78. The Morgan fingerprint density at radius 2 is 1.51 bits per heavy atom. The number of hydrogen-bond donors (Lipinski definition) is 2. The predicted octanol–water partition coefficient (Wildman–Crippen LogP) is 7.05. The van der Waals surface area contributed by atoms with Gasteiger partial charge in [0.2, 0.25) is 0 Å². The minimum atomic E-state index is -0.580. The van der Waals surface area contributed by atoms with Crippen molar-refractivity contribution in [3.63, 3.8) is 0 Å². The second-order valence-electron chi connectivity index (χ2n) is 8.91. The summed E-state index contributed by atoms with van der Waals surface area (Å²) in [5.74, 6) is -0.900. The number of ether oxygens (including phenoxy) is 2. The molecule has 0 saturated carbocycles. The van der Waals surface area contributed by atoms with Crippen LogP contribution in [0.3, 0.4) is 0 Å². The summed E-state index contributed by atoms with van der Waals surface area (Å²) in [6.07, 6.45) is 24.5. The van der Waals surface area contributed by atoms with E-state index in [1.165, 1.54) is 37.8 Å². The molecule has 1 amide bonds. The zero-order chi connectivity index (χ0) is 27.0. The minimum absolute atomic E-state index is 0.0561. The maximum Gasteiger partial charge on any atom is 0.335 e. The van der Waals surface area contributed by atoms with Gasteiger partial charge in [-0.3, -0.25) is 4.79 Å². The Morgan fingerprint density at radius 1 is 0.865 bits per heavy atom. The highest BCUT2D eigenvalue weighted by molar-refractivity contribution is 5.96. The molecule has 1 aromatic carbocycles. The van der Waals surface area contributed by atoms with Gasteiger partial charge in [-0.15, -0.1) is 0 Å². The van der Waals surface area contributed by atoms with Crippen molar-refractivity contribution in [3.05, 3.63) is 66.3 Å². The number of carbonyl (C=O) groups excluding carboxylic acids is 2. The maximum absolute atomic E-state index is 12.2. The Bertz CT molecular complexity index is 831. The zero-order valence-corrected chi connectivity index (χ0v) is 22.8. The van der Waals surface area contributed by atoms with Crippen molar-refractivity contribution in [2.75, 3.05) is 19.8 Å². The van der Waals surface area contributed by atoms with Gasteiger partial charge in [0.15, 0.2) is 6.10 Å². The third-order valence-corrected chi connectivity index (χ3v) is 5.78. The molecule has 0 bridgehead atoms. The van der Waals surface area contributed by atoms with Crippen molar-refractivity contribution in [2.45, 2.75) is 90.6 Å². The number of carbonyl (C=O) groups is 2. The molecule has 0 aliphatic rings. The van der Waals surface area contributed by atoms with Crippen LogP contribution >= 0.6 is 0 Å². The Labute approximate surface area is 223 Å². The first-order valence-corrected chi connectivity index (χ1v) is 13.9. The van der Waals surface area contributed by atoms with Crippen LogP contribution in [-0.4, -0.2) is 42.8 Å². The lowest BCUT2D eigenvalue weighted by Gasteiger charge is -2.15. The van der Waals surface area contributed by atoms with Crippen molar-refractivity contribution in [2.24, 2.45) is 0 Å². The smallest absolute Gasteiger partial charge is 0.335 e. The molecule has 1 unspecified atom stereocenters. The minimum Gasteiger partial charge on any atom is -0.507 e. The van der Waals surface area contributed by atoms with Gasteiger partial charge in [0.1, 0.15) is 12.4 Å². The lowest BCUT2D eigenvalue weighted by Crippen LogP contribution is -2.31. The first-order valence-electron chi connectivity index (χ1n) is 13.9. The van der Waals surface area contributed by atoms with Gasteiger partial charge < -0.3 is 19.9 Å². The van der Waals surface area contributed by atoms with Gasteiger partial charge in [0.25, 0.3) is 5.91 Å². The van der Waals surface area contributed by atoms with E-state index in [1.54, 1.807) is 12.1 Å². The molecule has 0 saturated heterocycles. The molecule has 6 nitrogen and oxygen atoms in total. The number of rotatable bonds is 21. The van der Waals surface area contributed by atoms with Gasteiger partial charge in [-0.25, -0.2) is 4.79 Å². The molecule has 0 fully saturated rings. The third kappa shape index (κ3) is 16.5. The van der Waals surface area contributed by atoms with Crippen LogP contribution in [0.15, 0.2) is 60.7 Å². The summed E-state index contributed by atoms with van der Waals surface area (Å²) in [6.45, 7) is 4.81. The van der Waals surface area contributed by atoms with Crippen LogP contribution in [0.2, 0.25) is 0 Å². The molecule has 0 aliphatic heterocycles. The van der Waals surface area contributed by atoms with E-state index < -0.39 is 18.0 Å². The highest BCUT2D eigenvalue weighted by atomic mass is 16.6. The molecule has 1 rings (SSSR count). The second kappa shape index (κ2) is 22.3. The SMILES string of the molecule is CC/C=C\C/C=C\C/C=C\CCCCCCCCOC(CC)C(=O)OCCNC(=O)c1ccccc1O. The van der Waals surface area contributed by atoms with E-state index in [0.29, 0.717) is 13.0 Å². The summed E-state index contributed by atoms with van der Waals surface area (Å²) in [7, 11) is 0. The zero-order valence-electron chi connectivity index (χ0n) is 22.8. The second-order valence-corrected chi connectivity index (χ2v) is 8.91. The van der Waals surface area contributed by atoms with Crippen molar-refractivity contribution in [1.29, 1.82) is 0 Å². The van der Waals surface area contributed by atoms with Gasteiger partial charge >= 0.3 is 5.97 Å². The molecule has 0 aromatic heterocycles. The molecule has 6 heteroatoms. The molecule has 0 heterocycles. The number of para-hydroxylation sites is 1. The maximum atomic E-state index is 12.2. The number of phenols is 1. The topological polar surface area (TPSA) is 84.9 Å². The number of esters is 1. The molecular weight excluding hydrogens is 466 g/mol. The van der Waals surface area contributed by atoms with Crippen LogP contribution in [0, 0.1) is 0 Å². The van der Waals surface area contributed by atoms with E-state index in [2.05, 4.69) is 48.7 Å². The standard InChI is InChI=1S/C31H47NO5/c1-3-5-6-7-8-9-10-11-12-13-14-15-16-17-18-21-25-36-29(4-2)31(35)37-26-24-32-30(34)27-22-19-20-23-28(27)33/h5-6,8-9,11-12,19-20,22-23,29,33H,3-4,7,10,13-18,21,24-26H2,1-2H3,(H,32,34)/b6-5-,9-8-,12-11-. The molecule has 1 aromatic rings. The van der Waals surface area contributed by atoms with Crippen molar-refractivity contribution < 1.29 is 24.2 Å². The molecule has 206 valence electrons. The fraction of sp³-hybridized carbons (Fsp3) is 0.548. The average molecular weight is 514 g/mol. The van der Waals surface area contributed by atoms with Gasteiger partial charge in [0, 0.05) is 6.61 Å². The molecule has 0 spiro atoms. The summed E-state index contributed by atoms with van der Waals surface area (Å²) < 4.78 is 11.0. The van der Waals surface area contributed by atoms with Gasteiger partial charge in [0.05, 0.1) is 12.1 Å². The highest BCUT2D eigenvalue weighted by Gasteiger charge is 2.18. The molecule has 0 aliphatic carbocycles. The van der Waals surface area contributed by atoms with Crippen LogP contribution in [0.25, 0.3) is 0 Å². The number of benzene rings is 1. The quantitative estimate of drug-likeness (QED) is 0.104. The molecule has 0 radical (unpaired) electrons. The normalized spacial score (nSPS) is 12.5. The number of phenolic OH excluding ortho intramolecular Hbond substituents is 1. The number of aromatic hydroxyl groups is 1. The molecule has 1 atom stereocenters. The first kappa shape index (κ1) is 32.2. The summed E-state index contributed by atoms with van der Waals surface area (Å²) in [5, 5.41) is 12.3. The summed E-state index contributed by atoms with van der Waals surface area (Å²) in [6, 6.07) is 6.30. The number of amides is 1. The Hall–Kier alpha value is -2.86. The monoisotopic (exact) mass is 513 g/mol. The summed E-state index contributed by atoms with van der Waals surface area (Å²) in [4.78, 5) is 24.3. The fourth-order valence-electron chi connectivity index (χ4n) is 3.65. The number of allylic oxidation sites excluding steroid dienone is 6. The van der Waals surface area contributed by atoms with E-state index in [-0.39, 0.29) is 24.5 Å². The van der Waals surface area contributed by atoms with Crippen LogP contribution in [0.5, 0.6) is 5.75 Å². The Kier molecular flexibility index (Phi) is 19.4. The molecular formula is C31H47NO5.